The van der Waals surface area contributed by atoms with Gasteiger partial charge in [0.15, 0.2) is 0 Å². The van der Waals surface area contributed by atoms with Crippen molar-refractivity contribution in [2.75, 3.05) is 24.6 Å². The molecule has 4 nitrogen and oxygen atoms in total. The number of amides is 1. The van der Waals surface area contributed by atoms with Gasteiger partial charge in [-0.05, 0) is 18.2 Å². The number of aromatic hydroxyl groups is 1. The third-order valence-corrected chi connectivity index (χ3v) is 4.42. The maximum absolute atomic E-state index is 12.1. The average molecular weight is 318 g/mol. The summed E-state index contributed by atoms with van der Waals surface area (Å²) in [7, 11) is -0.809. The smallest absolute Gasteiger partial charge is 0.257 e. The molecule has 1 amide bonds. The Morgan fingerprint density at radius 3 is 2.65 bits per heavy atom. The van der Waals surface area contributed by atoms with E-state index in [9.17, 15) is 14.1 Å². The van der Waals surface area contributed by atoms with Crippen molar-refractivity contribution >= 4 is 32.6 Å². The highest BCUT2D eigenvalue weighted by Crippen LogP contribution is 2.23. The number of benzene rings is 1. The quantitative estimate of drug-likeness (QED) is 0.851. The SMILES string of the molecule is O=C(c1cc(Br)ccc1O)N1CCS(=O)CC1. The van der Waals surface area contributed by atoms with Crippen molar-refractivity contribution in [1.29, 1.82) is 0 Å². The van der Waals surface area contributed by atoms with Gasteiger partial charge in [-0.1, -0.05) is 15.9 Å². The van der Waals surface area contributed by atoms with Crippen molar-refractivity contribution in [1.82, 2.24) is 4.90 Å². The Kier molecular flexibility index (Phi) is 3.83. The average Bonchev–Trinajstić information content (AvgIpc) is 2.32. The number of phenolic OH excluding ortho intramolecular Hbond substituents is 1. The van der Waals surface area contributed by atoms with Crippen LogP contribution in [0.1, 0.15) is 10.4 Å². The van der Waals surface area contributed by atoms with E-state index in [1.54, 1.807) is 17.0 Å². The van der Waals surface area contributed by atoms with Gasteiger partial charge in [-0.2, -0.15) is 0 Å². The van der Waals surface area contributed by atoms with Gasteiger partial charge in [0.05, 0.1) is 5.56 Å². The standard InChI is InChI=1S/C11H12BrNO3S/c12-8-1-2-10(14)9(7-8)11(15)13-3-5-17(16)6-4-13/h1-2,7,14H,3-6H2. The minimum absolute atomic E-state index is 0.0232. The summed E-state index contributed by atoms with van der Waals surface area (Å²) in [6.07, 6.45) is 0. The predicted octanol–water partition coefficient (Wildman–Crippen LogP) is 1.36. The summed E-state index contributed by atoms with van der Waals surface area (Å²) in [5.74, 6) is 0.798. The zero-order valence-corrected chi connectivity index (χ0v) is 11.5. The van der Waals surface area contributed by atoms with Crippen LogP contribution in [0.4, 0.5) is 0 Å². The largest absolute Gasteiger partial charge is 0.507 e. The molecule has 6 heteroatoms. The van der Waals surface area contributed by atoms with Crippen LogP contribution in [0.15, 0.2) is 22.7 Å². The topological polar surface area (TPSA) is 57.6 Å². The van der Waals surface area contributed by atoms with Crippen LogP contribution in [0.25, 0.3) is 0 Å². The normalized spacial score (nSPS) is 17.1. The molecule has 1 aromatic carbocycles. The van der Waals surface area contributed by atoms with Gasteiger partial charge in [0.2, 0.25) is 0 Å². The van der Waals surface area contributed by atoms with Crippen molar-refractivity contribution in [2.24, 2.45) is 0 Å². The molecule has 0 radical (unpaired) electrons. The monoisotopic (exact) mass is 317 g/mol. The molecule has 17 heavy (non-hydrogen) atoms. The highest BCUT2D eigenvalue weighted by Gasteiger charge is 2.23. The highest BCUT2D eigenvalue weighted by molar-refractivity contribution is 9.10. The number of hydrogen-bond acceptors (Lipinski definition) is 3. The first-order chi connectivity index (χ1) is 8.08. The summed E-state index contributed by atoms with van der Waals surface area (Å²) in [5.41, 5.74) is 0.284. The van der Waals surface area contributed by atoms with Crippen LogP contribution in [0.3, 0.4) is 0 Å². The Balaban J connectivity index is 2.19. The lowest BCUT2D eigenvalue weighted by Gasteiger charge is -2.26. The molecule has 1 N–H and O–H groups in total. The van der Waals surface area contributed by atoms with Gasteiger partial charge in [-0.25, -0.2) is 0 Å². The fraction of sp³-hybridized carbons (Fsp3) is 0.364. The molecule has 0 saturated carbocycles. The summed E-state index contributed by atoms with van der Waals surface area (Å²) < 4.78 is 12.0. The maximum atomic E-state index is 12.1. The van der Waals surface area contributed by atoms with Crippen LogP contribution in [-0.2, 0) is 10.8 Å². The van der Waals surface area contributed by atoms with Crippen LogP contribution in [-0.4, -0.2) is 44.7 Å². The van der Waals surface area contributed by atoms with E-state index >= 15 is 0 Å². The summed E-state index contributed by atoms with van der Waals surface area (Å²) >= 11 is 3.27. The fourth-order valence-electron chi connectivity index (χ4n) is 1.69. The van der Waals surface area contributed by atoms with E-state index in [-0.39, 0.29) is 17.2 Å². The van der Waals surface area contributed by atoms with Crippen LogP contribution in [0.2, 0.25) is 0 Å². The molecule has 1 heterocycles. The first-order valence-electron chi connectivity index (χ1n) is 5.20. The molecule has 0 unspecified atom stereocenters. The van der Waals surface area contributed by atoms with E-state index in [4.69, 9.17) is 0 Å². The summed E-state index contributed by atoms with van der Waals surface area (Å²) in [4.78, 5) is 13.8. The Bertz CT molecular complexity index is 468. The van der Waals surface area contributed by atoms with E-state index in [1.807, 2.05) is 0 Å². The zero-order valence-electron chi connectivity index (χ0n) is 9.06. The molecular formula is C11H12BrNO3S. The lowest BCUT2D eigenvalue weighted by molar-refractivity contribution is 0.0768. The van der Waals surface area contributed by atoms with Crippen molar-refractivity contribution < 1.29 is 14.1 Å². The molecule has 0 spiro atoms. The number of rotatable bonds is 1. The minimum atomic E-state index is -0.809. The lowest BCUT2D eigenvalue weighted by atomic mass is 10.1. The van der Waals surface area contributed by atoms with Gasteiger partial charge in [0, 0.05) is 39.9 Å². The molecule has 1 aliphatic rings. The number of nitrogens with zero attached hydrogens (tertiary/aromatic N) is 1. The molecule has 0 bridgehead atoms. The summed E-state index contributed by atoms with van der Waals surface area (Å²) in [6, 6.07) is 4.76. The molecule has 1 aromatic rings. The predicted molar refractivity (Wildman–Crippen MR) is 69.6 cm³/mol. The van der Waals surface area contributed by atoms with E-state index in [2.05, 4.69) is 15.9 Å². The van der Waals surface area contributed by atoms with Crippen LogP contribution in [0.5, 0.6) is 5.75 Å². The Morgan fingerprint density at radius 2 is 2.00 bits per heavy atom. The Morgan fingerprint density at radius 1 is 1.35 bits per heavy atom. The van der Waals surface area contributed by atoms with E-state index in [0.717, 1.165) is 4.47 Å². The summed E-state index contributed by atoms with van der Waals surface area (Å²) in [5, 5.41) is 9.66. The number of carbonyl (C=O) groups is 1. The second-order valence-electron chi connectivity index (χ2n) is 3.80. The second kappa shape index (κ2) is 5.18. The number of halogens is 1. The molecule has 1 fully saturated rings. The van der Waals surface area contributed by atoms with Gasteiger partial charge in [0.1, 0.15) is 5.75 Å². The molecule has 0 aromatic heterocycles. The summed E-state index contributed by atoms with van der Waals surface area (Å²) in [6.45, 7) is 0.967. The molecule has 0 aliphatic carbocycles. The van der Waals surface area contributed by atoms with E-state index in [1.165, 1.54) is 6.07 Å². The first-order valence-corrected chi connectivity index (χ1v) is 7.49. The lowest BCUT2D eigenvalue weighted by Crippen LogP contribution is -2.41. The van der Waals surface area contributed by atoms with E-state index in [0.29, 0.717) is 24.6 Å². The molecular weight excluding hydrogens is 306 g/mol. The molecule has 0 atom stereocenters. The van der Waals surface area contributed by atoms with E-state index < -0.39 is 10.8 Å². The second-order valence-corrected chi connectivity index (χ2v) is 6.41. The third-order valence-electron chi connectivity index (χ3n) is 2.65. The third kappa shape index (κ3) is 2.87. The number of phenols is 1. The zero-order chi connectivity index (χ0) is 12.4. The molecule has 2 rings (SSSR count). The van der Waals surface area contributed by atoms with Crippen molar-refractivity contribution in [3.63, 3.8) is 0 Å². The van der Waals surface area contributed by atoms with Crippen LogP contribution < -0.4 is 0 Å². The van der Waals surface area contributed by atoms with Gasteiger partial charge < -0.3 is 10.0 Å². The molecule has 1 aliphatic heterocycles. The number of hydrogen-bond donors (Lipinski definition) is 1. The van der Waals surface area contributed by atoms with Gasteiger partial charge >= 0.3 is 0 Å². The van der Waals surface area contributed by atoms with Gasteiger partial charge in [0.25, 0.3) is 5.91 Å². The van der Waals surface area contributed by atoms with Crippen molar-refractivity contribution in [3.8, 4) is 5.75 Å². The Labute approximate surface area is 110 Å². The molecule has 1 saturated heterocycles. The highest BCUT2D eigenvalue weighted by atomic mass is 79.9. The van der Waals surface area contributed by atoms with Gasteiger partial charge in [-0.15, -0.1) is 0 Å². The number of carbonyl (C=O) groups excluding carboxylic acids is 1. The minimum Gasteiger partial charge on any atom is -0.507 e. The van der Waals surface area contributed by atoms with Gasteiger partial charge in [-0.3, -0.25) is 9.00 Å². The van der Waals surface area contributed by atoms with Crippen molar-refractivity contribution in [2.45, 2.75) is 0 Å². The van der Waals surface area contributed by atoms with Crippen LogP contribution in [0, 0.1) is 0 Å². The van der Waals surface area contributed by atoms with Crippen molar-refractivity contribution in [3.05, 3.63) is 28.2 Å². The maximum Gasteiger partial charge on any atom is 0.257 e. The Hall–Kier alpha value is -0.880. The fourth-order valence-corrected chi connectivity index (χ4v) is 3.10. The molecule has 92 valence electrons. The van der Waals surface area contributed by atoms with Crippen LogP contribution >= 0.6 is 15.9 Å². The first kappa shape index (κ1) is 12.6.